The first kappa shape index (κ1) is 20.6. The lowest BCUT2D eigenvalue weighted by Gasteiger charge is -2.27. The fraction of sp³-hybridized carbons (Fsp3) is 0.409. The van der Waals surface area contributed by atoms with Crippen molar-refractivity contribution in [3.63, 3.8) is 0 Å². The lowest BCUT2D eigenvalue weighted by molar-refractivity contribution is 0.338. The molecule has 1 saturated heterocycles. The molecular formula is C22H28N6O. The van der Waals surface area contributed by atoms with Gasteiger partial charge in [0.05, 0.1) is 30.1 Å². The maximum Gasteiger partial charge on any atom is 0.138 e. The Hall–Kier alpha value is -3.11. The highest BCUT2D eigenvalue weighted by atomic mass is 16.5. The van der Waals surface area contributed by atoms with Crippen molar-refractivity contribution in [1.82, 2.24) is 19.9 Å². The first-order valence-corrected chi connectivity index (χ1v) is 10.1. The minimum atomic E-state index is 0.545. The average molecular weight is 393 g/mol. The van der Waals surface area contributed by atoms with E-state index in [1.165, 1.54) is 19.3 Å². The largest absolute Gasteiger partial charge is 0.492 e. The minimum Gasteiger partial charge on any atom is -0.492 e. The second-order valence-electron chi connectivity index (χ2n) is 6.94. The van der Waals surface area contributed by atoms with Gasteiger partial charge in [0, 0.05) is 30.4 Å². The molecule has 4 heterocycles. The van der Waals surface area contributed by atoms with Gasteiger partial charge in [0.2, 0.25) is 0 Å². The van der Waals surface area contributed by atoms with Gasteiger partial charge in [-0.05, 0) is 58.5 Å². The summed E-state index contributed by atoms with van der Waals surface area (Å²) in [5, 5.41) is 16.5. The Morgan fingerprint density at radius 2 is 1.93 bits per heavy atom. The number of hydrogen-bond acceptors (Lipinski definition) is 6. The zero-order chi connectivity index (χ0) is 20.6. The van der Waals surface area contributed by atoms with E-state index in [2.05, 4.69) is 38.5 Å². The van der Waals surface area contributed by atoms with E-state index in [0.717, 1.165) is 41.3 Å². The van der Waals surface area contributed by atoms with E-state index in [1.54, 1.807) is 16.9 Å². The predicted molar refractivity (Wildman–Crippen MR) is 115 cm³/mol. The van der Waals surface area contributed by atoms with Gasteiger partial charge in [0.15, 0.2) is 0 Å². The zero-order valence-electron chi connectivity index (χ0n) is 17.4. The molecule has 0 aromatic carbocycles. The molecule has 3 aromatic rings. The van der Waals surface area contributed by atoms with Crippen LogP contribution in [-0.2, 0) is 0 Å². The van der Waals surface area contributed by atoms with Crippen LogP contribution in [0.1, 0.15) is 31.7 Å². The molecule has 4 rings (SSSR count). The molecule has 7 heteroatoms. The van der Waals surface area contributed by atoms with Gasteiger partial charge in [-0.2, -0.15) is 10.4 Å². The SMILES string of the molecule is CCOc1cc(-c2ccc(N3CCCCC3)nc2)c2c(C#N)cnn2c1.CNC. The highest BCUT2D eigenvalue weighted by molar-refractivity contribution is 5.85. The fourth-order valence-electron chi connectivity index (χ4n) is 3.50. The molecule has 0 spiro atoms. The van der Waals surface area contributed by atoms with Gasteiger partial charge >= 0.3 is 0 Å². The van der Waals surface area contributed by atoms with Crippen LogP contribution in [0.5, 0.6) is 5.75 Å². The summed E-state index contributed by atoms with van der Waals surface area (Å²) in [5.41, 5.74) is 3.18. The predicted octanol–water partition coefficient (Wildman–Crippen LogP) is 3.49. The van der Waals surface area contributed by atoms with Gasteiger partial charge in [0.25, 0.3) is 0 Å². The van der Waals surface area contributed by atoms with Gasteiger partial charge in [-0.25, -0.2) is 9.50 Å². The number of piperidine rings is 1. The summed E-state index contributed by atoms with van der Waals surface area (Å²) >= 11 is 0. The number of rotatable bonds is 4. The molecule has 0 radical (unpaired) electrons. The molecule has 0 amide bonds. The van der Waals surface area contributed by atoms with Crippen LogP contribution >= 0.6 is 0 Å². The Morgan fingerprint density at radius 1 is 1.17 bits per heavy atom. The van der Waals surface area contributed by atoms with Crippen LogP contribution in [0.2, 0.25) is 0 Å². The summed E-state index contributed by atoms with van der Waals surface area (Å²) in [6, 6.07) is 8.31. The number of pyridine rings is 2. The van der Waals surface area contributed by atoms with E-state index >= 15 is 0 Å². The van der Waals surface area contributed by atoms with Crippen LogP contribution in [0.15, 0.2) is 36.8 Å². The van der Waals surface area contributed by atoms with Crippen LogP contribution in [0, 0.1) is 11.3 Å². The van der Waals surface area contributed by atoms with Crippen LogP contribution in [0.3, 0.4) is 0 Å². The molecule has 1 aliphatic rings. The van der Waals surface area contributed by atoms with Crippen LogP contribution < -0.4 is 15.0 Å². The van der Waals surface area contributed by atoms with Crippen molar-refractivity contribution in [2.45, 2.75) is 26.2 Å². The van der Waals surface area contributed by atoms with Crippen LogP contribution in [-0.4, -0.2) is 48.4 Å². The fourth-order valence-corrected chi connectivity index (χ4v) is 3.50. The van der Waals surface area contributed by atoms with Gasteiger partial charge in [-0.1, -0.05) is 0 Å². The molecule has 0 unspecified atom stereocenters. The van der Waals surface area contributed by atoms with E-state index < -0.39 is 0 Å². The Kier molecular flexibility index (Phi) is 7.04. The molecule has 0 saturated carbocycles. The first-order chi connectivity index (χ1) is 14.2. The topological polar surface area (TPSA) is 78.5 Å². The number of ether oxygens (including phenoxy) is 1. The molecular weight excluding hydrogens is 364 g/mol. The summed E-state index contributed by atoms with van der Waals surface area (Å²) in [4.78, 5) is 7.01. The summed E-state index contributed by atoms with van der Waals surface area (Å²) in [7, 11) is 3.75. The molecule has 7 nitrogen and oxygen atoms in total. The molecule has 152 valence electrons. The number of anilines is 1. The van der Waals surface area contributed by atoms with Crippen molar-refractivity contribution in [2.24, 2.45) is 0 Å². The molecule has 3 aromatic heterocycles. The van der Waals surface area contributed by atoms with E-state index in [4.69, 9.17) is 4.74 Å². The van der Waals surface area contributed by atoms with Gasteiger partial charge < -0.3 is 15.0 Å². The quantitative estimate of drug-likeness (QED) is 0.732. The summed E-state index contributed by atoms with van der Waals surface area (Å²) in [6.07, 6.45) is 9.02. The third kappa shape index (κ3) is 4.66. The Bertz CT molecular complexity index is 967. The summed E-state index contributed by atoms with van der Waals surface area (Å²) in [5.74, 6) is 1.74. The smallest absolute Gasteiger partial charge is 0.138 e. The molecule has 0 aliphatic carbocycles. The highest BCUT2D eigenvalue weighted by Crippen LogP contribution is 2.31. The van der Waals surface area contributed by atoms with Crippen molar-refractivity contribution in [3.8, 4) is 22.9 Å². The number of aromatic nitrogens is 3. The number of nitriles is 1. The lowest BCUT2D eigenvalue weighted by atomic mass is 10.0. The van der Waals surface area contributed by atoms with Gasteiger partial charge in [-0.3, -0.25) is 0 Å². The van der Waals surface area contributed by atoms with E-state index in [1.807, 2.05) is 33.3 Å². The standard InChI is InChI=1S/C20H21N5O.C2H7N/c1-2-26-17-10-18(20-16(11-21)13-23-25(20)14-17)15-6-7-19(22-12-15)24-8-4-3-5-9-24;1-3-2/h6-7,10,12-14H,2-5,8-9H2,1H3;3H,1-2H3. The second-order valence-corrected chi connectivity index (χ2v) is 6.94. The summed E-state index contributed by atoms with van der Waals surface area (Å²) in [6.45, 7) is 4.65. The number of hydrogen-bond donors (Lipinski definition) is 1. The van der Waals surface area contributed by atoms with E-state index in [0.29, 0.717) is 12.2 Å². The number of nitrogens with one attached hydrogen (secondary N) is 1. The first-order valence-electron chi connectivity index (χ1n) is 10.1. The summed E-state index contributed by atoms with van der Waals surface area (Å²) < 4.78 is 7.37. The molecule has 0 atom stereocenters. The second kappa shape index (κ2) is 9.89. The molecule has 29 heavy (non-hydrogen) atoms. The Balaban J connectivity index is 0.000000755. The number of nitrogens with zero attached hydrogens (tertiary/aromatic N) is 5. The molecule has 1 N–H and O–H groups in total. The van der Waals surface area contributed by atoms with E-state index in [9.17, 15) is 5.26 Å². The van der Waals surface area contributed by atoms with Gasteiger partial charge in [-0.15, -0.1) is 0 Å². The maximum absolute atomic E-state index is 9.43. The third-order valence-electron chi connectivity index (χ3n) is 4.76. The third-order valence-corrected chi connectivity index (χ3v) is 4.76. The van der Waals surface area contributed by atoms with Gasteiger partial charge in [0.1, 0.15) is 17.6 Å². The van der Waals surface area contributed by atoms with Crippen molar-refractivity contribution < 1.29 is 4.74 Å². The average Bonchev–Trinajstić information content (AvgIpc) is 3.18. The van der Waals surface area contributed by atoms with E-state index in [-0.39, 0.29) is 0 Å². The highest BCUT2D eigenvalue weighted by Gasteiger charge is 2.15. The normalized spacial score (nSPS) is 13.5. The number of fused-ring (bicyclic) bond motifs is 1. The van der Waals surface area contributed by atoms with Crippen molar-refractivity contribution in [2.75, 3.05) is 38.7 Å². The van der Waals surface area contributed by atoms with Crippen molar-refractivity contribution in [1.29, 1.82) is 5.26 Å². The Labute approximate surface area is 171 Å². The van der Waals surface area contributed by atoms with Crippen LogP contribution in [0.25, 0.3) is 16.6 Å². The lowest BCUT2D eigenvalue weighted by Crippen LogP contribution is -2.29. The Morgan fingerprint density at radius 3 is 2.55 bits per heavy atom. The van der Waals surface area contributed by atoms with Crippen molar-refractivity contribution >= 4 is 11.3 Å². The molecule has 1 aliphatic heterocycles. The van der Waals surface area contributed by atoms with Crippen molar-refractivity contribution in [3.05, 3.63) is 42.4 Å². The zero-order valence-corrected chi connectivity index (χ0v) is 17.4. The monoisotopic (exact) mass is 392 g/mol. The molecule has 1 fully saturated rings. The van der Waals surface area contributed by atoms with Crippen LogP contribution in [0.4, 0.5) is 5.82 Å². The maximum atomic E-state index is 9.43. The molecule has 0 bridgehead atoms. The minimum absolute atomic E-state index is 0.545.